The fourth-order valence-corrected chi connectivity index (χ4v) is 3.20. The lowest BCUT2D eigenvalue weighted by Gasteiger charge is -2.32. The van der Waals surface area contributed by atoms with Crippen LogP contribution >= 0.6 is 0 Å². The van der Waals surface area contributed by atoms with Gasteiger partial charge in [0.25, 0.3) is 0 Å². The van der Waals surface area contributed by atoms with Crippen molar-refractivity contribution in [2.75, 3.05) is 26.2 Å². The molecular formula is C18H23N5O4. The van der Waals surface area contributed by atoms with Crippen LogP contribution in [0, 0.1) is 13.8 Å². The number of nitrogens with one attached hydrogen (secondary N) is 1. The molecule has 9 nitrogen and oxygen atoms in total. The molecule has 1 N–H and O–H groups in total. The van der Waals surface area contributed by atoms with E-state index >= 15 is 0 Å². The number of imide groups is 1. The number of rotatable bonds is 5. The normalized spacial score (nSPS) is 16.0. The third kappa shape index (κ3) is 3.71. The van der Waals surface area contributed by atoms with Crippen LogP contribution in [-0.4, -0.2) is 63.6 Å². The Bertz CT molecular complexity index is 842. The molecule has 0 radical (unpaired) electrons. The number of likely N-dealkylation sites (N-methyl/N-ethyl adjacent to an activating group) is 1. The Morgan fingerprint density at radius 2 is 2.07 bits per heavy atom. The van der Waals surface area contributed by atoms with Gasteiger partial charge in [0.1, 0.15) is 11.8 Å². The van der Waals surface area contributed by atoms with Gasteiger partial charge in [-0.2, -0.15) is 5.10 Å². The summed E-state index contributed by atoms with van der Waals surface area (Å²) < 4.78 is 7.28. The molecule has 1 aliphatic rings. The molecule has 0 aliphatic carbocycles. The van der Waals surface area contributed by atoms with Crippen molar-refractivity contribution in [1.82, 2.24) is 24.9 Å². The number of carbonyl (C=O) groups excluding carboxylic acids is 3. The first-order valence-electron chi connectivity index (χ1n) is 8.87. The predicted molar refractivity (Wildman–Crippen MR) is 95.9 cm³/mol. The van der Waals surface area contributed by atoms with Gasteiger partial charge in [-0.1, -0.05) is 0 Å². The minimum Gasteiger partial charge on any atom is -0.467 e. The minimum absolute atomic E-state index is 0.170. The summed E-state index contributed by atoms with van der Waals surface area (Å²) in [6.07, 6.45) is 1.56. The van der Waals surface area contributed by atoms with Gasteiger partial charge >= 0.3 is 17.8 Å². The second-order valence-corrected chi connectivity index (χ2v) is 6.43. The van der Waals surface area contributed by atoms with Crippen LogP contribution in [0.3, 0.4) is 0 Å². The maximum Gasteiger partial charge on any atom is 0.324 e. The van der Waals surface area contributed by atoms with Crippen molar-refractivity contribution in [3.05, 3.63) is 41.6 Å². The van der Waals surface area contributed by atoms with Gasteiger partial charge < -0.3 is 14.6 Å². The molecule has 27 heavy (non-hydrogen) atoms. The number of hydrogen-bond donors (Lipinski definition) is 1. The van der Waals surface area contributed by atoms with Crippen molar-refractivity contribution >= 4 is 17.8 Å². The van der Waals surface area contributed by atoms with Crippen molar-refractivity contribution in [2.45, 2.75) is 26.8 Å². The monoisotopic (exact) mass is 373 g/mol. The number of aromatic nitrogens is 2. The van der Waals surface area contributed by atoms with Gasteiger partial charge in [-0.25, -0.2) is 4.79 Å². The number of hydrogen-bond acceptors (Lipinski definition) is 5. The van der Waals surface area contributed by atoms with E-state index in [1.165, 1.54) is 4.90 Å². The van der Waals surface area contributed by atoms with Gasteiger partial charge in [-0.05, 0) is 39.0 Å². The summed E-state index contributed by atoms with van der Waals surface area (Å²) in [5, 5.41) is 7.20. The Balaban J connectivity index is 1.72. The smallest absolute Gasteiger partial charge is 0.324 e. The van der Waals surface area contributed by atoms with E-state index in [0.29, 0.717) is 18.8 Å². The van der Waals surface area contributed by atoms with Crippen LogP contribution in [0.15, 0.2) is 28.9 Å². The average Bonchev–Trinajstić information content (AvgIpc) is 3.27. The van der Waals surface area contributed by atoms with Gasteiger partial charge in [0.05, 0.1) is 12.0 Å². The number of nitrogens with zero attached hydrogens (tertiary/aromatic N) is 4. The molecule has 1 saturated heterocycles. The summed E-state index contributed by atoms with van der Waals surface area (Å²) in [6, 6.07) is 4.55. The van der Waals surface area contributed by atoms with Crippen LogP contribution in [0.2, 0.25) is 0 Å². The molecule has 3 heterocycles. The molecular weight excluding hydrogens is 350 g/mol. The molecule has 0 spiro atoms. The molecule has 0 aromatic carbocycles. The van der Waals surface area contributed by atoms with Crippen molar-refractivity contribution in [3.8, 4) is 0 Å². The highest BCUT2D eigenvalue weighted by molar-refractivity contribution is 6.38. The van der Waals surface area contributed by atoms with Gasteiger partial charge in [-0.15, -0.1) is 0 Å². The fraction of sp³-hybridized carbons (Fsp3) is 0.444. The van der Waals surface area contributed by atoms with Crippen molar-refractivity contribution < 1.29 is 18.8 Å². The summed E-state index contributed by atoms with van der Waals surface area (Å²) in [6.45, 7) is 6.73. The average molecular weight is 373 g/mol. The standard InChI is InChI=1S/C18H23N5O4/c1-4-21-7-8-22(17(25)16(21)24)18(26)19-11-14(15-6-5-9-27-15)23-13(3)10-12(2)20-23/h5-6,9-10,14H,4,7-8,11H2,1-3H3,(H,19,26). The lowest BCUT2D eigenvalue weighted by Crippen LogP contribution is -2.58. The van der Waals surface area contributed by atoms with E-state index in [4.69, 9.17) is 4.42 Å². The first kappa shape index (κ1) is 18.7. The van der Waals surface area contributed by atoms with Crippen LogP contribution in [0.25, 0.3) is 0 Å². The first-order chi connectivity index (χ1) is 12.9. The Labute approximate surface area is 156 Å². The molecule has 0 saturated carbocycles. The zero-order chi connectivity index (χ0) is 19.6. The molecule has 1 fully saturated rings. The third-order valence-electron chi connectivity index (χ3n) is 4.59. The van der Waals surface area contributed by atoms with Gasteiger partial charge in [-0.3, -0.25) is 19.2 Å². The van der Waals surface area contributed by atoms with Gasteiger partial charge in [0, 0.05) is 31.9 Å². The van der Waals surface area contributed by atoms with Crippen molar-refractivity contribution in [3.63, 3.8) is 0 Å². The number of piperazine rings is 1. The number of carbonyl (C=O) groups is 3. The maximum absolute atomic E-state index is 12.5. The van der Waals surface area contributed by atoms with E-state index in [1.807, 2.05) is 26.0 Å². The third-order valence-corrected chi connectivity index (χ3v) is 4.59. The maximum atomic E-state index is 12.5. The number of aryl methyl sites for hydroxylation is 2. The lowest BCUT2D eigenvalue weighted by atomic mass is 10.2. The quantitative estimate of drug-likeness (QED) is 0.791. The second kappa shape index (κ2) is 7.65. The van der Waals surface area contributed by atoms with Crippen molar-refractivity contribution in [2.24, 2.45) is 0 Å². The number of furan rings is 1. The zero-order valence-electron chi connectivity index (χ0n) is 15.6. The van der Waals surface area contributed by atoms with E-state index < -0.39 is 17.8 Å². The van der Waals surface area contributed by atoms with Crippen LogP contribution in [0.4, 0.5) is 4.79 Å². The SMILES string of the molecule is CCN1CCN(C(=O)NCC(c2ccco2)n2nc(C)cc2C)C(=O)C1=O. The molecule has 2 aromatic rings. The highest BCUT2D eigenvalue weighted by atomic mass is 16.3. The topological polar surface area (TPSA) is 101 Å². The summed E-state index contributed by atoms with van der Waals surface area (Å²) in [7, 11) is 0. The molecule has 0 bridgehead atoms. The summed E-state index contributed by atoms with van der Waals surface area (Å²) >= 11 is 0. The Morgan fingerprint density at radius 3 is 2.67 bits per heavy atom. The molecule has 9 heteroatoms. The van der Waals surface area contributed by atoms with Crippen LogP contribution < -0.4 is 5.32 Å². The van der Waals surface area contributed by atoms with Crippen LogP contribution in [0.1, 0.15) is 30.1 Å². The number of urea groups is 1. The molecule has 3 rings (SSSR count). The lowest BCUT2D eigenvalue weighted by molar-refractivity contribution is -0.153. The van der Waals surface area contributed by atoms with E-state index in [-0.39, 0.29) is 19.1 Å². The summed E-state index contributed by atoms with van der Waals surface area (Å²) in [5.74, 6) is -0.819. The van der Waals surface area contributed by atoms with Crippen LogP contribution in [-0.2, 0) is 9.59 Å². The van der Waals surface area contributed by atoms with E-state index in [0.717, 1.165) is 16.3 Å². The first-order valence-corrected chi connectivity index (χ1v) is 8.87. The van der Waals surface area contributed by atoms with E-state index in [2.05, 4.69) is 10.4 Å². The second-order valence-electron chi connectivity index (χ2n) is 6.43. The molecule has 2 aromatic heterocycles. The molecule has 1 aliphatic heterocycles. The Kier molecular flexibility index (Phi) is 5.29. The highest BCUT2D eigenvalue weighted by Crippen LogP contribution is 2.20. The highest BCUT2D eigenvalue weighted by Gasteiger charge is 2.35. The zero-order valence-corrected chi connectivity index (χ0v) is 15.6. The Hall–Kier alpha value is -3.10. The molecule has 1 atom stereocenters. The van der Waals surface area contributed by atoms with Gasteiger partial charge in [0.15, 0.2) is 0 Å². The minimum atomic E-state index is -0.804. The van der Waals surface area contributed by atoms with Crippen molar-refractivity contribution in [1.29, 1.82) is 0 Å². The Morgan fingerprint density at radius 1 is 1.30 bits per heavy atom. The fourth-order valence-electron chi connectivity index (χ4n) is 3.20. The molecule has 1 unspecified atom stereocenters. The molecule has 4 amide bonds. The van der Waals surface area contributed by atoms with Gasteiger partial charge in [0.2, 0.25) is 0 Å². The predicted octanol–water partition coefficient (Wildman–Crippen LogP) is 1.08. The summed E-state index contributed by atoms with van der Waals surface area (Å²) in [4.78, 5) is 39.1. The largest absolute Gasteiger partial charge is 0.467 e. The van der Waals surface area contributed by atoms with Crippen LogP contribution in [0.5, 0.6) is 0 Å². The molecule has 144 valence electrons. The summed E-state index contributed by atoms with van der Waals surface area (Å²) in [5.41, 5.74) is 1.78. The number of amides is 4. The van der Waals surface area contributed by atoms with E-state index in [1.54, 1.807) is 23.9 Å². The van der Waals surface area contributed by atoms with E-state index in [9.17, 15) is 14.4 Å².